The van der Waals surface area contributed by atoms with E-state index in [9.17, 15) is 24.9 Å². The van der Waals surface area contributed by atoms with E-state index in [1.165, 1.54) is 13.0 Å². The first-order valence-corrected chi connectivity index (χ1v) is 12.7. The van der Waals surface area contributed by atoms with Gasteiger partial charge in [-0.05, 0) is 39.2 Å². The molecule has 1 amide bonds. The quantitative estimate of drug-likeness (QED) is 0.492. The van der Waals surface area contributed by atoms with Gasteiger partial charge in [-0.25, -0.2) is 4.79 Å². The largest absolute Gasteiger partial charge is 0.440 e. The lowest BCUT2D eigenvalue weighted by Gasteiger charge is -2.71. The second-order valence-electron chi connectivity index (χ2n) is 12.4. The van der Waals surface area contributed by atoms with Crippen LogP contribution in [0, 0.1) is 16.7 Å². The first-order valence-electron chi connectivity index (χ1n) is 12.7. The number of hydrogen-bond donors (Lipinski definition) is 3. The molecule has 0 bridgehead atoms. The lowest BCUT2D eigenvalue weighted by molar-refractivity contribution is -0.369. The topological polar surface area (TPSA) is 120 Å². The molecule has 2 aliphatic carbocycles. The molecule has 4 rings (SSSR count). The summed E-state index contributed by atoms with van der Waals surface area (Å²) < 4.78 is 12.4. The summed E-state index contributed by atoms with van der Waals surface area (Å²) in [5.74, 6) is -1.24. The van der Waals surface area contributed by atoms with E-state index in [-0.39, 0.29) is 6.42 Å². The zero-order valence-electron chi connectivity index (χ0n) is 21.9. The van der Waals surface area contributed by atoms with Crippen molar-refractivity contribution in [3.63, 3.8) is 0 Å². The van der Waals surface area contributed by atoms with E-state index in [0.29, 0.717) is 39.0 Å². The van der Waals surface area contributed by atoms with Crippen LogP contribution in [-0.2, 0) is 14.3 Å². The summed E-state index contributed by atoms with van der Waals surface area (Å²) in [7, 11) is 1.98. The van der Waals surface area contributed by atoms with E-state index in [0.717, 1.165) is 0 Å². The number of aliphatic hydroxyl groups is 3. The molecule has 0 aromatic heterocycles. The molecule has 0 unspecified atom stereocenters. The summed E-state index contributed by atoms with van der Waals surface area (Å²) in [5, 5.41) is 35.6. The Morgan fingerprint density at radius 1 is 1.14 bits per heavy atom. The van der Waals surface area contributed by atoms with Crippen molar-refractivity contribution in [2.45, 2.75) is 89.0 Å². The van der Waals surface area contributed by atoms with Crippen LogP contribution in [0.25, 0.3) is 0 Å². The molecule has 4 fully saturated rings. The summed E-state index contributed by atoms with van der Waals surface area (Å²) in [5.41, 5.74) is -7.17. The maximum absolute atomic E-state index is 13.9. The van der Waals surface area contributed by atoms with Crippen LogP contribution in [0.2, 0.25) is 0 Å². The minimum absolute atomic E-state index is 0.146. The summed E-state index contributed by atoms with van der Waals surface area (Å²) in [6, 6.07) is 0. The number of ketones is 1. The second kappa shape index (κ2) is 8.25. The van der Waals surface area contributed by atoms with E-state index in [2.05, 4.69) is 11.5 Å². The lowest BCUT2D eigenvalue weighted by atomic mass is 9.40. The van der Waals surface area contributed by atoms with Crippen molar-refractivity contribution in [3.05, 3.63) is 12.7 Å². The van der Waals surface area contributed by atoms with Gasteiger partial charge in [-0.2, -0.15) is 0 Å². The monoisotopic (exact) mass is 494 g/mol. The van der Waals surface area contributed by atoms with Crippen molar-refractivity contribution in [1.82, 2.24) is 9.80 Å². The van der Waals surface area contributed by atoms with E-state index >= 15 is 0 Å². The highest BCUT2D eigenvalue weighted by Gasteiger charge is 2.81. The Morgan fingerprint density at radius 2 is 1.74 bits per heavy atom. The Kier molecular flexibility index (Phi) is 6.25. The summed E-state index contributed by atoms with van der Waals surface area (Å²) in [6.45, 7) is 14.9. The molecule has 9 heteroatoms. The number of aliphatic hydroxyl groups excluding tert-OH is 2. The van der Waals surface area contributed by atoms with Crippen molar-refractivity contribution >= 4 is 11.9 Å². The third-order valence-corrected chi connectivity index (χ3v) is 9.72. The first kappa shape index (κ1) is 26.5. The molecule has 4 aliphatic rings. The zero-order valence-corrected chi connectivity index (χ0v) is 21.9. The standard InChI is InChI=1S/C26H42N2O7/c1-8-23(4)15-17(30)26(33)24(5)16(29)9-10-22(2,3)19(24)18(31)20(25(26,6)35-23)34-21(32)28-13-11-27(7)12-14-28/h8,16,18-20,29,31,33H,1,9-15H2,2-7H3/t16-,18-,19-,20-,23-,24-,25+,26-/m0/s1. The van der Waals surface area contributed by atoms with E-state index in [1.807, 2.05) is 20.9 Å². The minimum Gasteiger partial charge on any atom is -0.440 e. The molecule has 2 aliphatic heterocycles. The predicted molar refractivity (Wildman–Crippen MR) is 129 cm³/mol. The Balaban J connectivity index is 1.84. The molecule has 8 atom stereocenters. The van der Waals surface area contributed by atoms with Crippen LogP contribution in [0.3, 0.4) is 0 Å². The van der Waals surface area contributed by atoms with Crippen LogP contribution in [0.1, 0.15) is 53.9 Å². The van der Waals surface area contributed by atoms with Gasteiger partial charge < -0.3 is 34.6 Å². The zero-order chi connectivity index (χ0) is 26.2. The number of likely N-dealkylation sites (N-methyl/N-ethyl adjacent to an activating group) is 1. The van der Waals surface area contributed by atoms with Crippen molar-refractivity contribution < 1.29 is 34.4 Å². The summed E-state index contributed by atoms with van der Waals surface area (Å²) in [4.78, 5) is 30.9. The molecular formula is C26H42N2O7. The Hall–Kier alpha value is -1.52. The van der Waals surface area contributed by atoms with E-state index in [4.69, 9.17) is 9.47 Å². The molecule has 2 heterocycles. The van der Waals surface area contributed by atoms with Gasteiger partial charge in [0.15, 0.2) is 17.5 Å². The van der Waals surface area contributed by atoms with Gasteiger partial charge in [-0.15, -0.1) is 6.58 Å². The maximum atomic E-state index is 13.9. The van der Waals surface area contributed by atoms with E-state index in [1.54, 1.807) is 18.7 Å². The molecule has 9 nitrogen and oxygen atoms in total. The number of carbonyl (C=O) groups is 2. The third-order valence-electron chi connectivity index (χ3n) is 9.72. The molecule has 0 radical (unpaired) electrons. The smallest absolute Gasteiger partial charge is 0.410 e. The molecule has 2 saturated carbocycles. The van der Waals surface area contributed by atoms with Crippen LogP contribution in [-0.4, -0.2) is 105 Å². The summed E-state index contributed by atoms with van der Waals surface area (Å²) >= 11 is 0. The van der Waals surface area contributed by atoms with Gasteiger partial charge in [0.2, 0.25) is 0 Å². The van der Waals surface area contributed by atoms with Crippen molar-refractivity contribution in [1.29, 1.82) is 0 Å². The maximum Gasteiger partial charge on any atom is 0.410 e. The normalized spacial score (nSPS) is 48.0. The van der Waals surface area contributed by atoms with Gasteiger partial charge in [0.1, 0.15) is 5.60 Å². The molecule has 0 spiro atoms. The van der Waals surface area contributed by atoms with Gasteiger partial charge in [0.05, 0.1) is 17.8 Å². The number of piperazine rings is 1. The van der Waals surface area contributed by atoms with Gasteiger partial charge in [0, 0.05) is 43.9 Å². The molecule has 3 N–H and O–H groups in total. The summed E-state index contributed by atoms with van der Waals surface area (Å²) in [6.07, 6.45) is -2.01. The van der Waals surface area contributed by atoms with Crippen molar-refractivity contribution in [2.24, 2.45) is 16.7 Å². The number of ether oxygens (including phenoxy) is 2. The highest BCUT2D eigenvalue weighted by atomic mass is 16.6. The van der Waals surface area contributed by atoms with Crippen LogP contribution in [0.15, 0.2) is 12.7 Å². The molecule has 35 heavy (non-hydrogen) atoms. The number of amides is 1. The fraction of sp³-hybridized carbons (Fsp3) is 0.846. The van der Waals surface area contributed by atoms with Gasteiger partial charge in [0.25, 0.3) is 0 Å². The first-order chi connectivity index (χ1) is 16.1. The predicted octanol–water partition coefficient (Wildman–Crippen LogP) is 1.34. The van der Waals surface area contributed by atoms with Gasteiger partial charge in [-0.1, -0.05) is 26.8 Å². The fourth-order valence-corrected chi connectivity index (χ4v) is 7.65. The molecular weight excluding hydrogens is 452 g/mol. The van der Waals surface area contributed by atoms with Crippen molar-refractivity contribution in [2.75, 3.05) is 33.2 Å². The average molecular weight is 495 g/mol. The van der Waals surface area contributed by atoms with Crippen LogP contribution >= 0.6 is 0 Å². The number of fused-ring (bicyclic) bond motifs is 3. The van der Waals surface area contributed by atoms with Crippen LogP contribution in [0.5, 0.6) is 0 Å². The number of rotatable bonds is 2. The lowest BCUT2D eigenvalue weighted by Crippen LogP contribution is -2.86. The molecule has 2 saturated heterocycles. The highest BCUT2D eigenvalue weighted by molar-refractivity contribution is 5.92. The minimum atomic E-state index is -2.21. The highest BCUT2D eigenvalue weighted by Crippen LogP contribution is 2.67. The average Bonchev–Trinajstić information content (AvgIpc) is 2.77. The second-order valence-corrected chi connectivity index (χ2v) is 12.4. The van der Waals surface area contributed by atoms with Crippen LogP contribution in [0.4, 0.5) is 4.79 Å². The van der Waals surface area contributed by atoms with E-state index < -0.39 is 63.7 Å². The SMILES string of the molecule is C=C[C@@]1(C)CC(=O)[C@]2(O)[C@@]3(C)[C@@H](O)CCC(C)(C)[C@@H]3[C@H](O)[C@H](OC(=O)N3CCN(C)CC3)[C@@]2(C)O1. The molecule has 0 aromatic carbocycles. The Bertz CT molecular complexity index is 902. The van der Waals surface area contributed by atoms with Crippen molar-refractivity contribution in [3.8, 4) is 0 Å². The molecule has 198 valence electrons. The Labute approximate surface area is 208 Å². The third kappa shape index (κ3) is 3.53. The fourth-order valence-electron chi connectivity index (χ4n) is 7.65. The van der Waals surface area contributed by atoms with Crippen LogP contribution < -0.4 is 0 Å². The van der Waals surface area contributed by atoms with Gasteiger partial charge >= 0.3 is 6.09 Å². The number of carbonyl (C=O) groups excluding carboxylic acids is 2. The molecule has 0 aromatic rings. The number of nitrogens with zero attached hydrogens (tertiary/aromatic N) is 2. The number of hydrogen-bond acceptors (Lipinski definition) is 8. The van der Waals surface area contributed by atoms with Gasteiger partial charge in [-0.3, -0.25) is 4.79 Å². The Morgan fingerprint density at radius 3 is 2.31 bits per heavy atom. The number of Topliss-reactive ketones (excluding diaryl/α,β-unsaturated/α-hetero) is 1.